The molecule has 6 nitrogen and oxygen atoms in total. The van der Waals surface area contributed by atoms with Crippen LogP contribution in [-0.4, -0.2) is 31.9 Å². The first kappa shape index (κ1) is 18.1. The van der Waals surface area contributed by atoms with Gasteiger partial charge in [-0.2, -0.15) is 0 Å². The average molecular weight is 373 g/mol. The fourth-order valence-electron chi connectivity index (χ4n) is 2.62. The maximum Gasteiger partial charge on any atom is 0.509 e. The van der Waals surface area contributed by atoms with Gasteiger partial charge >= 0.3 is 6.16 Å². The molecule has 0 aliphatic carbocycles. The zero-order valence-electron chi connectivity index (χ0n) is 14.4. The van der Waals surface area contributed by atoms with Crippen molar-refractivity contribution in [1.82, 2.24) is 0 Å². The molecular weight excluding hydrogens is 354 g/mol. The Balaban J connectivity index is 1.97. The molecule has 0 saturated carbocycles. The smallest absolute Gasteiger partial charge is 0.497 e. The monoisotopic (exact) mass is 373 g/mol. The fraction of sp³-hybridized carbons (Fsp3) is 0.263. The van der Waals surface area contributed by atoms with Gasteiger partial charge in [0.2, 0.25) is 0 Å². The van der Waals surface area contributed by atoms with Crippen molar-refractivity contribution >= 4 is 29.5 Å². The Labute approximate surface area is 155 Å². The Kier molecular flexibility index (Phi) is 5.68. The molecule has 136 valence electrons. The number of para-hydroxylation sites is 1. The molecule has 26 heavy (non-hydrogen) atoms. The molecular formula is C19H19NO5S. The predicted molar refractivity (Wildman–Crippen MR) is 98.6 cm³/mol. The second-order valence-corrected chi connectivity index (χ2v) is 6.70. The van der Waals surface area contributed by atoms with Crippen LogP contribution in [0.1, 0.15) is 17.7 Å². The minimum atomic E-state index is -1.03. The standard InChI is InChI=1S/C19H19NO5S/c1-3-24-19(22)25-16-17(12-8-10-13(23-2)11-9-12)26-15-7-5-4-6-14(15)20-18(16)21/h4-11,16-17H,3H2,1-2H3,(H,20,21). The molecule has 0 radical (unpaired) electrons. The maximum atomic E-state index is 12.7. The molecule has 0 spiro atoms. The topological polar surface area (TPSA) is 73.9 Å². The maximum absolute atomic E-state index is 12.7. The number of ether oxygens (including phenoxy) is 3. The van der Waals surface area contributed by atoms with Gasteiger partial charge in [-0.05, 0) is 36.8 Å². The lowest BCUT2D eigenvalue weighted by Crippen LogP contribution is -2.35. The number of carbonyl (C=O) groups excluding carboxylic acids is 2. The molecule has 1 aliphatic rings. The van der Waals surface area contributed by atoms with Gasteiger partial charge in [0.05, 0.1) is 24.7 Å². The molecule has 0 saturated heterocycles. The predicted octanol–water partition coefficient (Wildman–Crippen LogP) is 4.02. The highest BCUT2D eigenvalue weighted by Crippen LogP contribution is 2.45. The van der Waals surface area contributed by atoms with E-state index >= 15 is 0 Å². The summed E-state index contributed by atoms with van der Waals surface area (Å²) in [7, 11) is 1.59. The van der Waals surface area contributed by atoms with E-state index in [9.17, 15) is 9.59 Å². The summed E-state index contributed by atoms with van der Waals surface area (Å²) < 4.78 is 15.4. The van der Waals surface area contributed by atoms with Crippen LogP contribution in [0.15, 0.2) is 53.4 Å². The van der Waals surface area contributed by atoms with Gasteiger partial charge in [0.15, 0.2) is 6.10 Å². The molecule has 1 amide bonds. The van der Waals surface area contributed by atoms with Crippen molar-refractivity contribution in [3.63, 3.8) is 0 Å². The van der Waals surface area contributed by atoms with Crippen molar-refractivity contribution in [3.8, 4) is 5.75 Å². The summed E-state index contributed by atoms with van der Waals surface area (Å²) in [4.78, 5) is 25.5. The highest BCUT2D eigenvalue weighted by atomic mass is 32.2. The average Bonchev–Trinajstić information content (AvgIpc) is 2.79. The molecule has 2 atom stereocenters. The summed E-state index contributed by atoms with van der Waals surface area (Å²) in [6, 6.07) is 14.8. The van der Waals surface area contributed by atoms with Crippen molar-refractivity contribution in [3.05, 3.63) is 54.1 Å². The number of anilines is 1. The van der Waals surface area contributed by atoms with Crippen LogP contribution in [0.25, 0.3) is 0 Å². The number of thioether (sulfide) groups is 1. The molecule has 2 unspecified atom stereocenters. The summed E-state index contributed by atoms with van der Waals surface area (Å²) in [6.07, 6.45) is -1.89. The molecule has 1 aliphatic heterocycles. The Hall–Kier alpha value is -2.67. The number of carbonyl (C=O) groups is 2. The summed E-state index contributed by atoms with van der Waals surface area (Å²) in [6.45, 7) is 1.85. The summed E-state index contributed by atoms with van der Waals surface area (Å²) in [5.41, 5.74) is 1.54. The van der Waals surface area contributed by atoms with Crippen LogP contribution in [0.4, 0.5) is 10.5 Å². The van der Waals surface area contributed by atoms with Gasteiger partial charge in [-0.3, -0.25) is 4.79 Å². The van der Waals surface area contributed by atoms with Crippen molar-refractivity contribution in [1.29, 1.82) is 0 Å². The van der Waals surface area contributed by atoms with E-state index < -0.39 is 23.4 Å². The molecule has 7 heteroatoms. The Bertz CT molecular complexity index is 793. The highest BCUT2D eigenvalue weighted by molar-refractivity contribution is 7.99. The SMILES string of the molecule is CCOC(=O)OC1C(=O)Nc2ccccc2SC1c1ccc(OC)cc1. The van der Waals surface area contributed by atoms with E-state index in [1.807, 2.05) is 48.5 Å². The van der Waals surface area contributed by atoms with Crippen LogP contribution in [0, 0.1) is 0 Å². The lowest BCUT2D eigenvalue weighted by molar-refractivity contribution is -0.125. The first-order valence-electron chi connectivity index (χ1n) is 8.16. The second kappa shape index (κ2) is 8.14. The van der Waals surface area contributed by atoms with Gasteiger partial charge in [0, 0.05) is 4.90 Å². The molecule has 1 N–H and O–H groups in total. The number of hydrogen-bond acceptors (Lipinski definition) is 6. The van der Waals surface area contributed by atoms with Crippen molar-refractivity contribution in [2.45, 2.75) is 23.2 Å². The third kappa shape index (κ3) is 3.94. The summed E-state index contributed by atoms with van der Waals surface area (Å²) in [5, 5.41) is 2.40. The van der Waals surface area contributed by atoms with E-state index in [0.29, 0.717) is 11.4 Å². The van der Waals surface area contributed by atoms with Crippen LogP contribution in [0.2, 0.25) is 0 Å². The molecule has 3 rings (SSSR count). The van der Waals surface area contributed by atoms with Crippen molar-refractivity contribution in [2.24, 2.45) is 0 Å². The fourth-order valence-corrected chi connectivity index (χ4v) is 3.89. The van der Waals surface area contributed by atoms with Gasteiger partial charge in [0.25, 0.3) is 5.91 Å². The third-order valence-electron chi connectivity index (χ3n) is 3.86. The van der Waals surface area contributed by atoms with E-state index in [1.165, 1.54) is 11.8 Å². The van der Waals surface area contributed by atoms with Gasteiger partial charge in [-0.1, -0.05) is 24.3 Å². The van der Waals surface area contributed by atoms with Crippen LogP contribution < -0.4 is 10.1 Å². The van der Waals surface area contributed by atoms with Crippen LogP contribution in [-0.2, 0) is 14.3 Å². The number of benzene rings is 2. The van der Waals surface area contributed by atoms with E-state index in [0.717, 1.165) is 10.5 Å². The van der Waals surface area contributed by atoms with Crippen molar-refractivity contribution < 1.29 is 23.8 Å². The quantitative estimate of drug-likeness (QED) is 0.816. The lowest BCUT2D eigenvalue weighted by atomic mass is 10.1. The third-order valence-corrected chi connectivity index (χ3v) is 5.25. The lowest BCUT2D eigenvalue weighted by Gasteiger charge is -2.23. The number of nitrogens with one attached hydrogen (secondary N) is 1. The second-order valence-electron chi connectivity index (χ2n) is 5.52. The zero-order valence-corrected chi connectivity index (χ0v) is 15.2. The number of rotatable bonds is 4. The number of amides is 1. The van der Waals surface area contributed by atoms with E-state index in [4.69, 9.17) is 14.2 Å². The summed E-state index contributed by atoms with van der Waals surface area (Å²) >= 11 is 1.46. The summed E-state index contributed by atoms with van der Waals surface area (Å²) in [5.74, 6) is 0.316. The Morgan fingerprint density at radius 1 is 1.15 bits per heavy atom. The minimum absolute atomic E-state index is 0.174. The van der Waals surface area contributed by atoms with Gasteiger partial charge in [-0.15, -0.1) is 11.8 Å². The first-order valence-corrected chi connectivity index (χ1v) is 9.04. The molecule has 2 aromatic carbocycles. The molecule has 2 aromatic rings. The van der Waals surface area contributed by atoms with Gasteiger partial charge in [-0.25, -0.2) is 4.79 Å². The number of hydrogen-bond donors (Lipinski definition) is 1. The number of fused-ring (bicyclic) bond motifs is 1. The normalized spacial score (nSPS) is 18.9. The number of methoxy groups -OCH3 is 1. The largest absolute Gasteiger partial charge is 0.509 e. The van der Waals surface area contributed by atoms with Gasteiger partial charge in [0.1, 0.15) is 5.75 Å². The van der Waals surface area contributed by atoms with E-state index in [1.54, 1.807) is 14.0 Å². The van der Waals surface area contributed by atoms with Crippen molar-refractivity contribution in [2.75, 3.05) is 19.0 Å². The van der Waals surface area contributed by atoms with Crippen LogP contribution >= 0.6 is 11.8 Å². The Morgan fingerprint density at radius 2 is 1.88 bits per heavy atom. The van der Waals surface area contributed by atoms with Crippen LogP contribution in [0.5, 0.6) is 5.75 Å². The molecule has 1 heterocycles. The Morgan fingerprint density at radius 3 is 2.58 bits per heavy atom. The minimum Gasteiger partial charge on any atom is -0.497 e. The zero-order chi connectivity index (χ0) is 18.5. The molecule has 0 aromatic heterocycles. The van der Waals surface area contributed by atoms with Crippen LogP contribution in [0.3, 0.4) is 0 Å². The molecule has 0 bridgehead atoms. The van der Waals surface area contributed by atoms with Gasteiger partial charge < -0.3 is 19.5 Å². The highest BCUT2D eigenvalue weighted by Gasteiger charge is 2.37. The molecule has 0 fully saturated rings. The van der Waals surface area contributed by atoms with E-state index in [2.05, 4.69) is 5.32 Å². The van der Waals surface area contributed by atoms with E-state index in [-0.39, 0.29) is 6.61 Å². The first-order chi connectivity index (χ1) is 12.6.